The van der Waals surface area contributed by atoms with E-state index < -0.39 is 0 Å². The lowest BCUT2D eigenvalue weighted by Crippen LogP contribution is -2.26. The molecule has 22 heavy (non-hydrogen) atoms. The molecule has 1 atom stereocenters. The van der Waals surface area contributed by atoms with Gasteiger partial charge >= 0.3 is 0 Å². The first kappa shape index (κ1) is 15.1. The van der Waals surface area contributed by atoms with E-state index in [4.69, 9.17) is 0 Å². The van der Waals surface area contributed by atoms with Crippen molar-refractivity contribution in [2.45, 2.75) is 24.3 Å². The van der Waals surface area contributed by atoms with Gasteiger partial charge in [-0.25, -0.2) is 0 Å². The molecule has 2 heterocycles. The van der Waals surface area contributed by atoms with Crippen LogP contribution in [-0.2, 0) is 4.79 Å². The highest BCUT2D eigenvalue weighted by Crippen LogP contribution is 2.31. The molecule has 0 radical (unpaired) electrons. The van der Waals surface area contributed by atoms with Gasteiger partial charge in [0.1, 0.15) is 0 Å². The Labute approximate surface area is 137 Å². The van der Waals surface area contributed by atoms with Gasteiger partial charge in [-0.2, -0.15) is 0 Å². The first-order chi connectivity index (χ1) is 10.6. The fourth-order valence-electron chi connectivity index (χ4n) is 2.25. The minimum absolute atomic E-state index is 0.00392. The summed E-state index contributed by atoms with van der Waals surface area (Å²) < 4.78 is 0. The van der Waals surface area contributed by atoms with E-state index in [-0.39, 0.29) is 17.9 Å². The molecule has 1 aliphatic rings. The highest BCUT2D eigenvalue weighted by molar-refractivity contribution is 7.99. The Morgan fingerprint density at radius 1 is 1.36 bits per heavy atom. The number of amides is 2. The summed E-state index contributed by atoms with van der Waals surface area (Å²) in [6.07, 6.45) is 0.496. The maximum Gasteiger partial charge on any atom is 0.251 e. The fourth-order valence-corrected chi connectivity index (χ4v) is 3.92. The summed E-state index contributed by atoms with van der Waals surface area (Å²) >= 11 is 3.25. The molecule has 2 N–H and O–H groups in total. The summed E-state index contributed by atoms with van der Waals surface area (Å²) in [5, 5.41) is 7.84. The number of hydrogen-bond donors (Lipinski definition) is 2. The predicted octanol–water partition coefficient (Wildman–Crippen LogP) is 3.67. The summed E-state index contributed by atoms with van der Waals surface area (Å²) in [5.74, 6) is 0.628. The van der Waals surface area contributed by atoms with Gasteiger partial charge in [-0.1, -0.05) is 6.07 Å². The lowest BCUT2D eigenvalue weighted by Gasteiger charge is -2.13. The number of hydrogen-bond acceptors (Lipinski definition) is 4. The first-order valence-electron chi connectivity index (χ1n) is 7.04. The smallest absolute Gasteiger partial charge is 0.251 e. The van der Waals surface area contributed by atoms with Crippen molar-refractivity contribution in [3.8, 4) is 0 Å². The van der Waals surface area contributed by atoms with Gasteiger partial charge in [-0.3, -0.25) is 9.59 Å². The maximum atomic E-state index is 12.4. The van der Waals surface area contributed by atoms with Crippen LogP contribution in [0.15, 0.2) is 40.6 Å². The normalized spacial score (nSPS) is 15.4. The molecule has 0 aliphatic carbocycles. The number of thioether (sulfide) groups is 1. The number of carbonyl (C=O) groups excluding carboxylic acids is 2. The van der Waals surface area contributed by atoms with E-state index >= 15 is 0 Å². The second-order valence-corrected chi connectivity index (χ2v) is 7.18. The zero-order chi connectivity index (χ0) is 15.5. The van der Waals surface area contributed by atoms with Crippen molar-refractivity contribution in [2.75, 3.05) is 11.1 Å². The average Bonchev–Trinajstić information content (AvgIpc) is 2.96. The molecule has 0 saturated heterocycles. The van der Waals surface area contributed by atoms with E-state index in [1.165, 1.54) is 0 Å². The monoisotopic (exact) mass is 332 g/mol. The Balaban J connectivity index is 1.77. The molecule has 0 saturated carbocycles. The lowest BCUT2D eigenvalue weighted by atomic mass is 10.1. The fraction of sp³-hybridized carbons (Fsp3) is 0.250. The Morgan fingerprint density at radius 3 is 3.00 bits per heavy atom. The number of thiophene rings is 1. The van der Waals surface area contributed by atoms with E-state index in [9.17, 15) is 9.59 Å². The number of fused-ring (bicyclic) bond motifs is 1. The molecule has 0 bridgehead atoms. The quantitative estimate of drug-likeness (QED) is 0.901. The minimum atomic E-state index is -0.132. The van der Waals surface area contributed by atoms with E-state index in [0.29, 0.717) is 12.0 Å². The average molecular weight is 332 g/mol. The van der Waals surface area contributed by atoms with Crippen molar-refractivity contribution in [1.29, 1.82) is 0 Å². The van der Waals surface area contributed by atoms with Gasteiger partial charge in [0.25, 0.3) is 5.91 Å². The molecule has 0 fully saturated rings. The Kier molecular flexibility index (Phi) is 4.49. The highest BCUT2D eigenvalue weighted by Gasteiger charge is 2.17. The number of nitrogens with one attached hydrogen (secondary N) is 2. The molecule has 114 valence electrons. The number of carbonyl (C=O) groups is 2. The van der Waals surface area contributed by atoms with E-state index in [1.807, 2.05) is 30.5 Å². The molecule has 1 aromatic carbocycles. The Hall–Kier alpha value is -1.79. The SMILES string of the molecule is CC(NC(=O)c1ccc2c(c1)NC(=O)CCS2)c1cccs1. The van der Waals surface area contributed by atoms with Crippen LogP contribution in [0.3, 0.4) is 0 Å². The van der Waals surface area contributed by atoms with E-state index in [1.54, 1.807) is 35.2 Å². The second kappa shape index (κ2) is 6.54. The molecular weight excluding hydrogens is 316 g/mol. The molecular formula is C16H16N2O2S2. The van der Waals surface area contributed by atoms with Gasteiger partial charge < -0.3 is 10.6 Å². The molecule has 1 aromatic heterocycles. The molecule has 2 aromatic rings. The van der Waals surface area contributed by atoms with Gasteiger partial charge in [-0.05, 0) is 36.6 Å². The summed E-state index contributed by atoms with van der Waals surface area (Å²) in [6.45, 7) is 1.96. The summed E-state index contributed by atoms with van der Waals surface area (Å²) in [7, 11) is 0. The van der Waals surface area contributed by atoms with Gasteiger partial charge in [-0.15, -0.1) is 23.1 Å². The van der Waals surface area contributed by atoms with Crippen LogP contribution in [0.2, 0.25) is 0 Å². The standard InChI is InChI=1S/C16H16N2O2S2/c1-10(13-3-2-7-21-13)17-16(20)11-4-5-14-12(9-11)18-15(19)6-8-22-14/h2-5,7,9-10H,6,8H2,1H3,(H,17,20)(H,18,19). The summed E-state index contributed by atoms with van der Waals surface area (Å²) in [4.78, 5) is 26.1. The molecule has 3 rings (SSSR count). The maximum absolute atomic E-state index is 12.4. The van der Waals surface area contributed by atoms with Gasteiger partial charge in [0.15, 0.2) is 0 Å². The van der Waals surface area contributed by atoms with E-state index in [2.05, 4.69) is 10.6 Å². The topological polar surface area (TPSA) is 58.2 Å². The summed E-state index contributed by atoms with van der Waals surface area (Å²) in [6, 6.07) is 9.40. The third-order valence-electron chi connectivity index (χ3n) is 3.42. The third-order valence-corrected chi connectivity index (χ3v) is 5.55. The Bertz CT molecular complexity index is 698. The molecule has 0 spiro atoms. The van der Waals surface area contributed by atoms with Crippen molar-refractivity contribution in [1.82, 2.24) is 5.32 Å². The highest BCUT2D eigenvalue weighted by atomic mass is 32.2. The van der Waals surface area contributed by atoms with Crippen molar-refractivity contribution < 1.29 is 9.59 Å². The third kappa shape index (κ3) is 3.34. The van der Waals surface area contributed by atoms with Crippen LogP contribution in [0.4, 0.5) is 5.69 Å². The minimum Gasteiger partial charge on any atom is -0.345 e. The predicted molar refractivity (Wildman–Crippen MR) is 90.6 cm³/mol. The molecule has 1 aliphatic heterocycles. The molecule has 6 heteroatoms. The summed E-state index contributed by atoms with van der Waals surface area (Å²) in [5.41, 5.74) is 1.29. The zero-order valence-electron chi connectivity index (χ0n) is 12.1. The Morgan fingerprint density at radius 2 is 2.23 bits per heavy atom. The number of benzene rings is 1. The number of rotatable bonds is 3. The van der Waals surface area contributed by atoms with Crippen LogP contribution in [0, 0.1) is 0 Å². The van der Waals surface area contributed by atoms with E-state index in [0.717, 1.165) is 21.2 Å². The number of anilines is 1. The van der Waals surface area contributed by atoms with Crippen LogP contribution in [0.25, 0.3) is 0 Å². The van der Waals surface area contributed by atoms with Crippen molar-refractivity contribution >= 4 is 40.6 Å². The van der Waals surface area contributed by atoms with Crippen LogP contribution >= 0.6 is 23.1 Å². The second-order valence-electron chi connectivity index (χ2n) is 5.07. The molecule has 4 nitrogen and oxygen atoms in total. The zero-order valence-corrected chi connectivity index (χ0v) is 13.7. The lowest BCUT2D eigenvalue weighted by molar-refractivity contribution is -0.115. The van der Waals surface area contributed by atoms with Crippen molar-refractivity contribution in [3.63, 3.8) is 0 Å². The first-order valence-corrected chi connectivity index (χ1v) is 8.91. The largest absolute Gasteiger partial charge is 0.345 e. The molecule has 1 unspecified atom stereocenters. The van der Waals surface area contributed by atoms with Crippen LogP contribution < -0.4 is 10.6 Å². The van der Waals surface area contributed by atoms with Gasteiger partial charge in [0, 0.05) is 27.5 Å². The molecule has 2 amide bonds. The van der Waals surface area contributed by atoms with Crippen LogP contribution in [0.5, 0.6) is 0 Å². The van der Waals surface area contributed by atoms with Crippen LogP contribution in [-0.4, -0.2) is 17.6 Å². The van der Waals surface area contributed by atoms with Crippen LogP contribution in [0.1, 0.15) is 34.6 Å². The van der Waals surface area contributed by atoms with Gasteiger partial charge in [0.05, 0.1) is 11.7 Å². The van der Waals surface area contributed by atoms with Gasteiger partial charge in [0.2, 0.25) is 5.91 Å². The van der Waals surface area contributed by atoms with Crippen molar-refractivity contribution in [2.24, 2.45) is 0 Å². The van der Waals surface area contributed by atoms with Crippen molar-refractivity contribution in [3.05, 3.63) is 46.2 Å².